The fourth-order valence-electron chi connectivity index (χ4n) is 2.24. The third-order valence-corrected chi connectivity index (χ3v) is 6.13. The van der Waals surface area contributed by atoms with E-state index in [2.05, 4.69) is 21.2 Å². The Hall–Kier alpha value is -0.880. The largest absolute Gasteiger partial charge is 0.346 e. The van der Waals surface area contributed by atoms with Gasteiger partial charge in [0, 0.05) is 10.0 Å². The van der Waals surface area contributed by atoms with Crippen LogP contribution in [0, 0.1) is 6.92 Å². The molecule has 0 spiro atoms. The van der Waals surface area contributed by atoms with Gasteiger partial charge in [-0.2, -0.15) is 0 Å². The van der Waals surface area contributed by atoms with Crippen LogP contribution in [0.4, 0.5) is 0 Å². The van der Waals surface area contributed by atoms with Gasteiger partial charge in [-0.25, -0.2) is 8.42 Å². The van der Waals surface area contributed by atoms with Crippen molar-refractivity contribution in [3.63, 3.8) is 0 Å². The van der Waals surface area contributed by atoms with Gasteiger partial charge in [0.1, 0.15) is 0 Å². The van der Waals surface area contributed by atoms with E-state index in [4.69, 9.17) is 0 Å². The Morgan fingerprint density at radius 2 is 2.11 bits per heavy atom. The lowest BCUT2D eigenvalue weighted by atomic mass is 10.0. The quantitative estimate of drug-likeness (QED) is 0.892. The van der Waals surface area contributed by atoms with E-state index in [0.29, 0.717) is 12.0 Å². The molecule has 0 bridgehead atoms. The van der Waals surface area contributed by atoms with Crippen LogP contribution in [0.3, 0.4) is 0 Å². The molecule has 0 aromatic heterocycles. The summed E-state index contributed by atoms with van der Waals surface area (Å²) < 4.78 is 24.0. The van der Waals surface area contributed by atoms with Crippen LogP contribution in [0.5, 0.6) is 0 Å². The first-order chi connectivity index (χ1) is 8.71. The summed E-state index contributed by atoms with van der Waals surface area (Å²) in [5.41, 5.74) is 0.861. The van der Waals surface area contributed by atoms with Gasteiger partial charge in [-0.1, -0.05) is 15.9 Å². The molecule has 1 N–H and O–H groups in total. The summed E-state index contributed by atoms with van der Waals surface area (Å²) in [7, 11) is -3.02. The molecule has 1 aliphatic rings. The highest BCUT2D eigenvalue weighted by Gasteiger charge is 2.39. The predicted molar refractivity (Wildman–Crippen MR) is 78.0 cm³/mol. The van der Waals surface area contributed by atoms with E-state index in [1.165, 1.54) is 0 Å². The lowest BCUT2D eigenvalue weighted by molar-refractivity contribution is 0.0915. The molecular formula is C13H16BrNO3S. The van der Waals surface area contributed by atoms with E-state index in [9.17, 15) is 13.2 Å². The molecule has 1 aliphatic heterocycles. The first-order valence-corrected chi connectivity index (χ1v) is 8.61. The number of nitrogens with one attached hydrogen (secondary N) is 1. The summed E-state index contributed by atoms with van der Waals surface area (Å²) in [6, 6.07) is 5.32. The number of rotatable bonds is 2. The van der Waals surface area contributed by atoms with Crippen molar-refractivity contribution in [1.29, 1.82) is 0 Å². The van der Waals surface area contributed by atoms with Crippen LogP contribution in [0.2, 0.25) is 0 Å². The van der Waals surface area contributed by atoms with Crippen molar-refractivity contribution < 1.29 is 13.2 Å². The van der Waals surface area contributed by atoms with Crippen LogP contribution in [0.1, 0.15) is 29.3 Å². The Labute approximate surface area is 121 Å². The van der Waals surface area contributed by atoms with Gasteiger partial charge in [0.25, 0.3) is 5.91 Å². The fourth-order valence-corrected chi connectivity index (χ4v) is 4.58. The summed E-state index contributed by atoms with van der Waals surface area (Å²) in [6.45, 7) is 3.68. The second kappa shape index (κ2) is 4.90. The van der Waals surface area contributed by atoms with Crippen molar-refractivity contribution in [2.24, 2.45) is 0 Å². The summed E-state index contributed by atoms with van der Waals surface area (Å²) in [4.78, 5) is 12.2. The zero-order valence-corrected chi connectivity index (χ0v) is 13.3. The minimum atomic E-state index is -3.02. The number of sulfone groups is 1. The van der Waals surface area contributed by atoms with Crippen LogP contribution in [-0.2, 0) is 9.84 Å². The molecule has 1 saturated heterocycles. The highest BCUT2D eigenvalue weighted by atomic mass is 79.9. The molecule has 2 rings (SSSR count). The third-order valence-electron chi connectivity index (χ3n) is 3.34. The van der Waals surface area contributed by atoms with E-state index < -0.39 is 15.4 Å². The Bertz CT molecular complexity index is 627. The van der Waals surface area contributed by atoms with Gasteiger partial charge in [-0.3, -0.25) is 4.79 Å². The number of carbonyl (C=O) groups excluding carboxylic acids is 1. The molecule has 4 nitrogen and oxygen atoms in total. The molecule has 1 heterocycles. The Morgan fingerprint density at radius 3 is 2.63 bits per heavy atom. The summed E-state index contributed by atoms with van der Waals surface area (Å²) in [5.74, 6) is -0.0695. The van der Waals surface area contributed by atoms with Gasteiger partial charge in [-0.05, 0) is 44.0 Å². The molecule has 1 atom stereocenters. The van der Waals surface area contributed by atoms with E-state index in [0.717, 1.165) is 10.0 Å². The second-order valence-electron chi connectivity index (χ2n) is 5.32. The van der Waals surface area contributed by atoms with Gasteiger partial charge in [-0.15, -0.1) is 0 Å². The summed E-state index contributed by atoms with van der Waals surface area (Å²) >= 11 is 3.38. The molecule has 1 aromatic carbocycles. The van der Waals surface area contributed by atoms with Gasteiger partial charge in [0.2, 0.25) is 0 Å². The first-order valence-electron chi connectivity index (χ1n) is 6.00. The van der Waals surface area contributed by atoms with Crippen molar-refractivity contribution in [1.82, 2.24) is 5.32 Å². The number of halogens is 1. The fraction of sp³-hybridized carbons (Fsp3) is 0.462. The molecule has 1 unspecified atom stereocenters. The third kappa shape index (κ3) is 3.36. The van der Waals surface area contributed by atoms with Crippen molar-refractivity contribution in [3.8, 4) is 0 Å². The average molecular weight is 346 g/mol. The molecule has 1 aromatic rings. The lowest BCUT2D eigenvalue weighted by Gasteiger charge is -2.24. The highest BCUT2D eigenvalue weighted by molar-refractivity contribution is 9.10. The topological polar surface area (TPSA) is 63.2 Å². The maximum atomic E-state index is 12.2. The minimum Gasteiger partial charge on any atom is -0.346 e. The Balaban J connectivity index is 2.15. The number of benzene rings is 1. The van der Waals surface area contributed by atoms with Crippen molar-refractivity contribution in [2.45, 2.75) is 25.8 Å². The molecule has 6 heteroatoms. The van der Waals surface area contributed by atoms with Crippen LogP contribution in [0.25, 0.3) is 0 Å². The Kier molecular flexibility index (Phi) is 3.75. The molecule has 0 aliphatic carbocycles. The van der Waals surface area contributed by atoms with Crippen LogP contribution in [0.15, 0.2) is 22.7 Å². The maximum absolute atomic E-state index is 12.2. The van der Waals surface area contributed by atoms with Crippen LogP contribution >= 0.6 is 15.9 Å². The van der Waals surface area contributed by atoms with Gasteiger partial charge >= 0.3 is 0 Å². The standard InChI is InChI=1S/C13H16BrNO3S/c1-9-7-10(3-4-11(9)14)12(16)15-13(2)5-6-19(17,18)8-13/h3-4,7H,5-6,8H2,1-2H3,(H,15,16). The zero-order valence-electron chi connectivity index (χ0n) is 10.9. The molecule has 19 heavy (non-hydrogen) atoms. The van der Waals surface area contributed by atoms with Gasteiger partial charge in [0.15, 0.2) is 9.84 Å². The van der Waals surface area contributed by atoms with Crippen molar-refractivity contribution >= 4 is 31.7 Å². The van der Waals surface area contributed by atoms with Gasteiger partial charge < -0.3 is 5.32 Å². The maximum Gasteiger partial charge on any atom is 0.251 e. The SMILES string of the molecule is Cc1cc(C(=O)NC2(C)CCS(=O)(=O)C2)ccc1Br. The van der Waals surface area contributed by atoms with Crippen LogP contribution < -0.4 is 5.32 Å². The zero-order chi connectivity index (χ0) is 14.3. The number of carbonyl (C=O) groups is 1. The second-order valence-corrected chi connectivity index (χ2v) is 8.36. The van der Waals surface area contributed by atoms with Crippen LogP contribution in [-0.4, -0.2) is 31.4 Å². The number of aryl methyl sites for hydroxylation is 1. The normalized spacial score (nSPS) is 25.2. The first kappa shape index (κ1) is 14.5. The molecule has 104 valence electrons. The summed E-state index contributed by atoms with van der Waals surface area (Å²) in [6.07, 6.45) is 0.469. The van der Waals surface area contributed by atoms with Crippen molar-refractivity contribution in [2.75, 3.05) is 11.5 Å². The summed E-state index contributed by atoms with van der Waals surface area (Å²) in [5, 5.41) is 2.84. The monoisotopic (exact) mass is 345 g/mol. The molecule has 0 radical (unpaired) electrons. The number of amides is 1. The highest BCUT2D eigenvalue weighted by Crippen LogP contribution is 2.24. The smallest absolute Gasteiger partial charge is 0.251 e. The van der Waals surface area contributed by atoms with Crippen molar-refractivity contribution in [3.05, 3.63) is 33.8 Å². The van der Waals surface area contributed by atoms with E-state index in [1.807, 2.05) is 13.0 Å². The number of hydrogen-bond acceptors (Lipinski definition) is 3. The van der Waals surface area contributed by atoms with E-state index >= 15 is 0 Å². The lowest BCUT2D eigenvalue weighted by Crippen LogP contribution is -2.46. The molecule has 1 fully saturated rings. The van der Waals surface area contributed by atoms with E-state index in [-0.39, 0.29) is 17.4 Å². The minimum absolute atomic E-state index is 0.0151. The average Bonchev–Trinajstić information content (AvgIpc) is 2.56. The van der Waals surface area contributed by atoms with E-state index in [1.54, 1.807) is 19.1 Å². The number of hydrogen-bond donors (Lipinski definition) is 1. The molecular weight excluding hydrogens is 330 g/mol. The predicted octanol–water partition coefficient (Wildman–Crippen LogP) is 2.06. The molecule has 1 amide bonds. The van der Waals surface area contributed by atoms with Gasteiger partial charge in [0.05, 0.1) is 17.0 Å². The Morgan fingerprint density at radius 1 is 1.42 bits per heavy atom. The molecule has 0 saturated carbocycles.